The lowest BCUT2D eigenvalue weighted by Crippen LogP contribution is -2.69. The summed E-state index contributed by atoms with van der Waals surface area (Å²) in [5, 5.41) is 0. The third kappa shape index (κ3) is 5.25. The molecule has 0 aromatic rings. The highest BCUT2D eigenvalue weighted by Crippen LogP contribution is 2.66. The van der Waals surface area contributed by atoms with Gasteiger partial charge < -0.3 is 0 Å². The SMILES string of the molecule is CCCCCCC1CCC(C2CCC3(CC2)C(=O)C2(CCC(CCCCC)CC2)[C@H]3F)CC1. The smallest absolute Gasteiger partial charge is 0.151 e. The van der Waals surface area contributed by atoms with Crippen molar-refractivity contribution in [3.8, 4) is 0 Å². The number of alkyl halides is 1. The van der Waals surface area contributed by atoms with Crippen LogP contribution in [0.3, 0.4) is 0 Å². The molecule has 0 N–H and O–H groups in total. The first-order valence-corrected chi connectivity index (χ1v) is 15.2. The Bertz CT molecular complexity index is 602. The van der Waals surface area contributed by atoms with Gasteiger partial charge in [0.25, 0.3) is 0 Å². The fourth-order valence-electron chi connectivity index (χ4n) is 8.74. The lowest BCUT2D eigenvalue weighted by Gasteiger charge is -2.61. The Morgan fingerprint density at radius 2 is 1.09 bits per heavy atom. The number of unbranched alkanes of at least 4 members (excludes halogenated alkanes) is 5. The molecular weight excluding hydrogens is 407 g/mol. The molecule has 4 saturated carbocycles. The molecule has 0 amide bonds. The van der Waals surface area contributed by atoms with Gasteiger partial charge in [-0.3, -0.25) is 4.79 Å². The Balaban J connectivity index is 1.20. The zero-order valence-corrected chi connectivity index (χ0v) is 22.0. The van der Waals surface area contributed by atoms with Gasteiger partial charge in [-0.15, -0.1) is 0 Å². The summed E-state index contributed by atoms with van der Waals surface area (Å²) in [6, 6.07) is 0. The summed E-state index contributed by atoms with van der Waals surface area (Å²) in [6.07, 6.45) is 24.8. The fourth-order valence-corrected chi connectivity index (χ4v) is 8.74. The highest BCUT2D eigenvalue weighted by Gasteiger charge is 2.71. The summed E-state index contributed by atoms with van der Waals surface area (Å²) in [6.45, 7) is 4.55. The van der Waals surface area contributed by atoms with Crippen molar-refractivity contribution in [1.82, 2.24) is 0 Å². The second-order valence-electron chi connectivity index (χ2n) is 12.9. The van der Waals surface area contributed by atoms with E-state index >= 15 is 4.39 Å². The van der Waals surface area contributed by atoms with Crippen molar-refractivity contribution in [1.29, 1.82) is 0 Å². The average molecular weight is 461 g/mol. The van der Waals surface area contributed by atoms with Gasteiger partial charge in [-0.2, -0.15) is 0 Å². The van der Waals surface area contributed by atoms with E-state index in [4.69, 9.17) is 0 Å². The summed E-state index contributed by atoms with van der Waals surface area (Å²) in [7, 11) is 0. The fraction of sp³-hybridized carbons (Fsp3) is 0.968. The van der Waals surface area contributed by atoms with Gasteiger partial charge in [0.15, 0.2) is 5.78 Å². The van der Waals surface area contributed by atoms with E-state index in [1.807, 2.05) is 0 Å². The number of Topliss-reactive ketones (excluding diaryl/α,β-unsaturated/α-hetero) is 1. The Labute approximate surface area is 204 Å². The molecule has 4 aliphatic rings. The van der Waals surface area contributed by atoms with E-state index in [0.717, 1.165) is 75.0 Å². The molecule has 4 rings (SSSR count). The van der Waals surface area contributed by atoms with Crippen LogP contribution in [0.1, 0.15) is 149 Å². The molecule has 1 atom stereocenters. The van der Waals surface area contributed by atoms with E-state index in [2.05, 4.69) is 13.8 Å². The van der Waals surface area contributed by atoms with E-state index in [1.165, 1.54) is 83.5 Å². The molecule has 1 nitrogen and oxygen atoms in total. The minimum absolute atomic E-state index is 0.365. The van der Waals surface area contributed by atoms with Crippen LogP contribution in [0.5, 0.6) is 0 Å². The number of ketones is 1. The number of hydrogen-bond acceptors (Lipinski definition) is 1. The van der Waals surface area contributed by atoms with Gasteiger partial charge in [0, 0.05) is 0 Å². The van der Waals surface area contributed by atoms with Crippen molar-refractivity contribution in [2.45, 2.75) is 155 Å². The van der Waals surface area contributed by atoms with E-state index < -0.39 is 17.0 Å². The summed E-state index contributed by atoms with van der Waals surface area (Å²) in [4.78, 5) is 13.5. The Kier molecular flexibility index (Phi) is 9.00. The van der Waals surface area contributed by atoms with E-state index in [-0.39, 0.29) is 0 Å². The standard InChI is InChI=1S/C31H53FO/c1-3-5-7-9-11-24-12-14-26(15-13-24)27-18-22-31(23-19-27)28(32)30(29(31)33)20-16-25(17-21-30)10-8-6-4-2/h24-28H,3-23H2,1-2H3/t24?,25?,26?,27?,28-,30?,31?/m1/s1. The maximum Gasteiger partial charge on any atom is 0.151 e. The van der Waals surface area contributed by atoms with Gasteiger partial charge in [-0.05, 0) is 87.9 Å². The summed E-state index contributed by atoms with van der Waals surface area (Å²) in [5.74, 6) is 3.70. The molecule has 0 heterocycles. The normalized spacial score (nSPS) is 41.4. The molecule has 33 heavy (non-hydrogen) atoms. The molecule has 2 heteroatoms. The van der Waals surface area contributed by atoms with E-state index in [9.17, 15) is 4.79 Å². The van der Waals surface area contributed by atoms with Crippen LogP contribution in [-0.2, 0) is 4.79 Å². The van der Waals surface area contributed by atoms with Gasteiger partial charge in [-0.1, -0.05) is 84.5 Å². The van der Waals surface area contributed by atoms with Crippen LogP contribution in [0.4, 0.5) is 4.39 Å². The van der Waals surface area contributed by atoms with Gasteiger partial charge in [0.2, 0.25) is 0 Å². The zero-order chi connectivity index (χ0) is 23.3. The monoisotopic (exact) mass is 460 g/mol. The largest absolute Gasteiger partial charge is 0.298 e. The Morgan fingerprint density at radius 1 is 0.636 bits per heavy atom. The molecule has 190 valence electrons. The number of carbonyl (C=O) groups excluding carboxylic acids is 1. The molecule has 0 bridgehead atoms. The molecule has 0 saturated heterocycles. The highest BCUT2D eigenvalue weighted by atomic mass is 19.1. The maximum atomic E-state index is 15.9. The van der Waals surface area contributed by atoms with Crippen molar-refractivity contribution >= 4 is 5.78 Å². The summed E-state index contributed by atoms with van der Waals surface area (Å²) < 4.78 is 15.9. The second-order valence-corrected chi connectivity index (χ2v) is 12.9. The van der Waals surface area contributed by atoms with Crippen molar-refractivity contribution in [2.24, 2.45) is 34.5 Å². The molecule has 0 aromatic heterocycles. The summed E-state index contributed by atoms with van der Waals surface area (Å²) >= 11 is 0. The highest BCUT2D eigenvalue weighted by molar-refractivity contribution is 5.98. The van der Waals surface area contributed by atoms with Gasteiger partial charge in [-0.25, -0.2) is 4.39 Å². The number of hydrogen-bond donors (Lipinski definition) is 0. The van der Waals surface area contributed by atoms with Crippen molar-refractivity contribution < 1.29 is 9.18 Å². The van der Waals surface area contributed by atoms with Crippen LogP contribution in [0.25, 0.3) is 0 Å². The molecule has 2 spiro atoms. The Hall–Kier alpha value is -0.400. The van der Waals surface area contributed by atoms with Crippen molar-refractivity contribution in [2.75, 3.05) is 0 Å². The summed E-state index contributed by atoms with van der Waals surface area (Å²) in [5.41, 5.74) is -1.13. The lowest BCUT2D eigenvalue weighted by atomic mass is 9.41. The molecule has 0 aliphatic heterocycles. The third-order valence-electron chi connectivity index (χ3n) is 11.0. The average Bonchev–Trinajstić information content (AvgIpc) is 2.87. The molecule has 0 aromatic carbocycles. The van der Waals surface area contributed by atoms with Crippen molar-refractivity contribution in [3.63, 3.8) is 0 Å². The first-order chi connectivity index (χ1) is 16.1. The van der Waals surface area contributed by atoms with Crippen molar-refractivity contribution in [3.05, 3.63) is 0 Å². The van der Waals surface area contributed by atoms with Crippen LogP contribution in [0.2, 0.25) is 0 Å². The van der Waals surface area contributed by atoms with E-state index in [1.54, 1.807) is 0 Å². The van der Waals surface area contributed by atoms with Crippen LogP contribution in [-0.4, -0.2) is 12.0 Å². The van der Waals surface area contributed by atoms with E-state index in [0.29, 0.717) is 5.78 Å². The molecule has 0 unspecified atom stereocenters. The lowest BCUT2D eigenvalue weighted by molar-refractivity contribution is -0.194. The number of carbonyl (C=O) groups is 1. The Morgan fingerprint density at radius 3 is 1.64 bits per heavy atom. The second kappa shape index (κ2) is 11.6. The molecule has 0 radical (unpaired) electrons. The molecular formula is C31H53FO. The number of halogens is 1. The zero-order valence-electron chi connectivity index (χ0n) is 22.0. The molecule has 4 fully saturated rings. The third-order valence-corrected chi connectivity index (χ3v) is 11.0. The molecule has 4 aliphatic carbocycles. The van der Waals surface area contributed by atoms with Crippen LogP contribution >= 0.6 is 0 Å². The predicted octanol–water partition coefficient (Wildman–Crippen LogP) is 9.62. The first kappa shape index (κ1) is 25.7. The predicted molar refractivity (Wildman–Crippen MR) is 137 cm³/mol. The van der Waals surface area contributed by atoms with Crippen LogP contribution in [0.15, 0.2) is 0 Å². The number of rotatable bonds is 10. The van der Waals surface area contributed by atoms with Gasteiger partial charge >= 0.3 is 0 Å². The topological polar surface area (TPSA) is 17.1 Å². The maximum absolute atomic E-state index is 15.9. The van der Waals surface area contributed by atoms with Crippen LogP contribution < -0.4 is 0 Å². The van der Waals surface area contributed by atoms with Gasteiger partial charge in [0.1, 0.15) is 6.17 Å². The minimum Gasteiger partial charge on any atom is -0.298 e. The first-order valence-electron chi connectivity index (χ1n) is 15.2. The quantitative estimate of drug-likeness (QED) is 0.296. The van der Waals surface area contributed by atoms with Gasteiger partial charge in [0.05, 0.1) is 10.8 Å². The van der Waals surface area contributed by atoms with Crippen LogP contribution in [0, 0.1) is 34.5 Å². The minimum atomic E-state index is -0.839.